The summed E-state index contributed by atoms with van der Waals surface area (Å²) in [6.07, 6.45) is -0.960. The largest absolute Gasteiger partial charge is 0.447 e. The lowest BCUT2D eigenvalue weighted by atomic mass is 10.3. The molecule has 0 fully saturated rings. The van der Waals surface area contributed by atoms with Crippen molar-refractivity contribution in [1.82, 2.24) is 0 Å². The van der Waals surface area contributed by atoms with E-state index in [9.17, 15) is 9.18 Å². The summed E-state index contributed by atoms with van der Waals surface area (Å²) >= 11 is 5.65. The Morgan fingerprint density at radius 1 is 1.53 bits per heavy atom. The fourth-order valence-electron chi connectivity index (χ4n) is 0.947. The van der Waals surface area contributed by atoms with Gasteiger partial charge in [-0.15, -0.1) is 0 Å². The summed E-state index contributed by atoms with van der Waals surface area (Å²) in [6.45, 7) is 3.40. The molecule has 0 aromatic heterocycles. The molecule has 0 radical (unpaired) electrons. The Kier molecular flexibility index (Phi) is 3.91. The summed E-state index contributed by atoms with van der Waals surface area (Å²) in [5.74, 6) is -0.555. The van der Waals surface area contributed by atoms with E-state index in [0.29, 0.717) is 5.02 Å². The molecule has 0 atom stereocenters. The van der Waals surface area contributed by atoms with E-state index in [1.54, 1.807) is 13.8 Å². The highest BCUT2D eigenvalue weighted by Gasteiger charge is 2.09. The molecule has 0 spiro atoms. The Hall–Kier alpha value is -1.29. The van der Waals surface area contributed by atoms with Gasteiger partial charge in [0.2, 0.25) is 0 Å². The summed E-state index contributed by atoms with van der Waals surface area (Å²) in [4.78, 5) is 11.1. The zero-order valence-corrected chi connectivity index (χ0v) is 9.14. The Morgan fingerprint density at radius 2 is 2.20 bits per heavy atom. The zero-order chi connectivity index (χ0) is 11.4. The number of anilines is 1. The second-order valence-electron chi connectivity index (χ2n) is 3.20. The molecule has 0 heterocycles. The molecule has 0 bridgehead atoms. The van der Waals surface area contributed by atoms with Gasteiger partial charge >= 0.3 is 6.09 Å². The molecule has 1 rings (SSSR count). The molecule has 0 aliphatic carbocycles. The van der Waals surface area contributed by atoms with E-state index in [4.69, 9.17) is 16.3 Å². The van der Waals surface area contributed by atoms with Crippen molar-refractivity contribution in [3.05, 3.63) is 29.0 Å². The van der Waals surface area contributed by atoms with Crippen molar-refractivity contribution >= 4 is 23.4 Å². The monoisotopic (exact) mass is 231 g/mol. The topological polar surface area (TPSA) is 38.3 Å². The van der Waals surface area contributed by atoms with Crippen LogP contribution in [-0.4, -0.2) is 12.2 Å². The van der Waals surface area contributed by atoms with E-state index >= 15 is 0 Å². The van der Waals surface area contributed by atoms with Crippen molar-refractivity contribution in [2.24, 2.45) is 0 Å². The third-order valence-corrected chi connectivity index (χ3v) is 1.74. The maximum Gasteiger partial charge on any atom is 0.411 e. The Balaban J connectivity index is 2.71. The van der Waals surface area contributed by atoms with Crippen LogP contribution in [0.1, 0.15) is 13.8 Å². The standard InChI is InChI=1S/C10H11ClFNO2/c1-6(2)15-10(14)13-9-5-7(11)3-4-8(9)12/h3-6H,1-2H3,(H,13,14). The number of hydrogen-bond acceptors (Lipinski definition) is 2. The van der Waals surface area contributed by atoms with E-state index in [2.05, 4.69) is 5.32 Å². The lowest BCUT2D eigenvalue weighted by Crippen LogP contribution is -2.18. The van der Waals surface area contributed by atoms with Crippen molar-refractivity contribution in [1.29, 1.82) is 0 Å². The van der Waals surface area contributed by atoms with Gasteiger partial charge in [-0.2, -0.15) is 0 Å². The van der Waals surface area contributed by atoms with E-state index < -0.39 is 11.9 Å². The fourth-order valence-corrected chi connectivity index (χ4v) is 1.12. The fraction of sp³-hybridized carbons (Fsp3) is 0.300. The molecule has 5 heteroatoms. The van der Waals surface area contributed by atoms with Crippen molar-refractivity contribution in [3.8, 4) is 0 Å². The molecular weight excluding hydrogens is 221 g/mol. The average Bonchev–Trinajstić information content (AvgIpc) is 2.10. The van der Waals surface area contributed by atoms with Gasteiger partial charge in [0.15, 0.2) is 0 Å². The third-order valence-electron chi connectivity index (χ3n) is 1.51. The van der Waals surface area contributed by atoms with Crippen LogP contribution in [-0.2, 0) is 4.74 Å². The van der Waals surface area contributed by atoms with Crippen molar-refractivity contribution in [3.63, 3.8) is 0 Å². The lowest BCUT2D eigenvalue weighted by Gasteiger charge is -2.10. The smallest absolute Gasteiger partial charge is 0.411 e. The Labute approximate surface area is 92.2 Å². The predicted molar refractivity (Wildman–Crippen MR) is 56.6 cm³/mol. The first-order valence-corrected chi connectivity index (χ1v) is 4.79. The molecule has 0 unspecified atom stereocenters. The minimum absolute atomic E-state index is 0.00755. The molecule has 1 N–H and O–H groups in total. The maximum atomic E-state index is 13.1. The van der Waals surface area contributed by atoms with Crippen molar-refractivity contribution < 1.29 is 13.9 Å². The van der Waals surface area contributed by atoms with Crippen molar-refractivity contribution in [2.75, 3.05) is 5.32 Å². The van der Waals surface area contributed by atoms with Gasteiger partial charge in [-0.25, -0.2) is 9.18 Å². The summed E-state index contributed by atoms with van der Waals surface area (Å²) in [6, 6.07) is 3.89. The SMILES string of the molecule is CC(C)OC(=O)Nc1cc(Cl)ccc1F. The van der Waals surface area contributed by atoms with Crippen LogP contribution in [0.3, 0.4) is 0 Å². The average molecular weight is 232 g/mol. The minimum atomic E-state index is -0.703. The van der Waals surface area contributed by atoms with E-state index in [0.717, 1.165) is 0 Å². The van der Waals surface area contributed by atoms with E-state index in [-0.39, 0.29) is 11.8 Å². The molecule has 0 aliphatic heterocycles. The number of carbonyl (C=O) groups is 1. The van der Waals surface area contributed by atoms with Crippen LogP contribution >= 0.6 is 11.6 Å². The number of rotatable bonds is 2. The molecule has 1 amide bonds. The molecule has 1 aromatic rings. The number of halogens is 2. The first kappa shape index (κ1) is 11.8. The second kappa shape index (κ2) is 4.98. The van der Waals surface area contributed by atoms with Crippen LogP contribution in [0, 0.1) is 5.82 Å². The summed E-state index contributed by atoms with van der Waals surface area (Å²) in [5, 5.41) is 2.61. The molecule has 15 heavy (non-hydrogen) atoms. The number of ether oxygens (including phenoxy) is 1. The van der Waals surface area contributed by atoms with E-state index in [1.165, 1.54) is 18.2 Å². The summed E-state index contributed by atoms with van der Waals surface area (Å²) in [7, 11) is 0. The van der Waals surface area contributed by atoms with Crippen molar-refractivity contribution in [2.45, 2.75) is 20.0 Å². The van der Waals surface area contributed by atoms with Gasteiger partial charge in [0.05, 0.1) is 11.8 Å². The van der Waals surface area contributed by atoms with Gasteiger partial charge in [0.1, 0.15) is 5.82 Å². The summed E-state index contributed by atoms with van der Waals surface area (Å²) in [5.41, 5.74) is 0.00755. The lowest BCUT2D eigenvalue weighted by molar-refractivity contribution is 0.130. The van der Waals surface area contributed by atoms with Crippen LogP contribution < -0.4 is 5.32 Å². The van der Waals surface area contributed by atoms with Gasteiger partial charge in [-0.3, -0.25) is 5.32 Å². The number of benzene rings is 1. The molecule has 82 valence electrons. The van der Waals surface area contributed by atoms with Gasteiger partial charge in [-0.1, -0.05) is 11.6 Å². The number of nitrogens with one attached hydrogen (secondary N) is 1. The van der Waals surface area contributed by atoms with Gasteiger partial charge in [0, 0.05) is 5.02 Å². The third kappa shape index (κ3) is 3.75. The predicted octanol–water partition coefficient (Wildman–Crippen LogP) is 3.44. The normalized spacial score (nSPS) is 10.2. The number of amides is 1. The number of carbonyl (C=O) groups excluding carboxylic acids is 1. The van der Waals surface area contributed by atoms with Crippen LogP contribution in [0.15, 0.2) is 18.2 Å². The highest BCUT2D eigenvalue weighted by atomic mass is 35.5. The minimum Gasteiger partial charge on any atom is -0.447 e. The molecule has 0 aliphatic rings. The molecule has 1 aromatic carbocycles. The van der Waals surface area contributed by atoms with E-state index in [1.807, 2.05) is 0 Å². The molecule has 0 saturated heterocycles. The van der Waals surface area contributed by atoms with Gasteiger partial charge in [-0.05, 0) is 32.0 Å². The molecular formula is C10H11ClFNO2. The van der Waals surface area contributed by atoms with Crippen LogP contribution in [0.25, 0.3) is 0 Å². The van der Waals surface area contributed by atoms with Gasteiger partial charge < -0.3 is 4.74 Å². The molecule has 3 nitrogen and oxygen atoms in total. The first-order chi connectivity index (χ1) is 6.99. The number of hydrogen-bond donors (Lipinski definition) is 1. The highest BCUT2D eigenvalue weighted by Crippen LogP contribution is 2.19. The van der Waals surface area contributed by atoms with Crippen LogP contribution in [0.4, 0.5) is 14.9 Å². The maximum absolute atomic E-state index is 13.1. The summed E-state index contributed by atoms with van der Waals surface area (Å²) < 4.78 is 17.9. The molecule has 0 saturated carbocycles. The van der Waals surface area contributed by atoms with Gasteiger partial charge in [0.25, 0.3) is 0 Å². The quantitative estimate of drug-likeness (QED) is 0.847. The highest BCUT2D eigenvalue weighted by molar-refractivity contribution is 6.30. The Bertz CT molecular complexity index is 368. The van der Waals surface area contributed by atoms with Crippen LogP contribution in [0.5, 0.6) is 0 Å². The second-order valence-corrected chi connectivity index (χ2v) is 3.64. The Morgan fingerprint density at radius 3 is 2.80 bits per heavy atom. The first-order valence-electron chi connectivity index (χ1n) is 4.41. The zero-order valence-electron chi connectivity index (χ0n) is 8.38. The van der Waals surface area contributed by atoms with Crippen LogP contribution in [0.2, 0.25) is 5.02 Å².